The van der Waals surface area contributed by atoms with Crippen LogP contribution >= 0.6 is 11.3 Å². The fourth-order valence-electron chi connectivity index (χ4n) is 3.33. The second kappa shape index (κ2) is 7.92. The summed E-state index contributed by atoms with van der Waals surface area (Å²) >= 11 is 1.38. The van der Waals surface area contributed by atoms with E-state index in [-0.39, 0.29) is 12.5 Å². The number of primary amides is 1. The second-order valence-electron chi connectivity index (χ2n) is 6.84. The van der Waals surface area contributed by atoms with Crippen molar-refractivity contribution < 1.29 is 22.8 Å². The monoisotopic (exact) mass is 411 g/mol. The molecular formula is C19H20F3N3O2S. The highest BCUT2D eigenvalue weighted by Crippen LogP contribution is 2.38. The number of aryl methyl sites for hydroxylation is 1. The van der Waals surface area contributed by atoms with E-state index in [1.165, 1.54) is 23.5 Å². The number of amides is 2. The minimum atomic E-state index is -4.37. The standard InChI is InChI=1S/C19H20F3N3O2S/c1-25(9-11-5-7-12(8-6-11)19(20,21)22)10-15(26)24-18-16(17(23)27)13-3-2-4-14(13)28-18/h5-8H,2-4,9-10H2,1H3,(H2,23,27)(H,24,26). The summed E-state index contributed by atoms with van der Waals surface area (Å²) in [5.41, 5.74) is 6.77. The molecule has 1 aromatic heterocycles. The average molecular weight is 411 g/mol. The van der Waals surface area contributed by atoms with E-state index < -0.39 is 17.6 Å². The molecule has 0 saturated carbocycles. The van der Waals surface area contributed by atoms with E-state index in [0.717, 1.165) is 41.8 Å². The van der Waals surface area contributed by atoms with Gasteiger partial charge in [-0.25, -0.2) is 0 Å². The highest BCUT2D eigenvalue weighted by molar-refractivity contribution is 7.17. The molecule has 0 bridgehead atoms. The first kappa shape index (κ1) is 20.3. The Bertz CT molecular complexity index is 891. The van der Waals surface area contributed by atoms with Crippen LogP contribution in [0.25, 0.3) is 0 Å². The van der Waals surface area contributed by atoms with Gasteiger partial charge in [0.05, 0.1) is 17.7 Å². The van der Waals surface area contributed by atoms with Crippen molar-refractivity contribution in [3.63, 3.8) is 0 Å². The Morgan fingerprint density at radius 3 is 2.50 bits per heavy atom. The number of anilines is 1. The smallest absolute Gasteiger partial charge is 0.365 e. The number of carbonyl (C=O) groups is 2. The number of carbonyl (C=O) groups excluding carboxylic acids is 2. The number of benzene rings is 1. The number of nitrogens with one attached hydrogen (secondary N) is 1. The van der Waals surface area contributed by atoms with Crippen LogP contribution in [0.2, 0.25) is 0 Å². The number of halogens is 3. The molecule has 5 nitrogen and oxygen atoms in total. The molecule has 0 atom stereocenters. The SMILES string of the molecule is CN(CC(=O)Nc1sc2c(c1C(N)=O)CCC2)Cc1ccc(C(F)(F)F)cc1. The molecule has 150 valence electrons. The van der Waals surface area contributed by atoms with E-state index in [1.807, 2.05) is 0 Å². The average Bonchev–Trinajstić information content (AvgIpc) is 3.14. The Morgan fingerprint density at radius 2 is 1.89 bits per heavy atom. The molecule has 0 fully saturated rings. The highest BCUT2D eigenvalue weighted by Gasteiger charge is 2.30. The minimum Gasteiger partial charge on any atom is -0.365 e. The molecular weight excluding hydrogens is 391 g/mol. The first-order chi connectivity index (χ1) is 13.1. The Morgan fingerprint density at radius 1 is 1.21 bits per heavy atom. The lowest BCUT2D eigenvalue weighted by atomic mass is 10.1. The van der Waals surface area contributed by atoms with Gasteiger partial charge in [0, 0.05) is 11.4 Å². The van der Waals surface area contributed by atoms with Crippen LogP contribution in [-0.2, 0) is 30.4 Å². The number of likely N-dealkylation sites (N-methyl/N-ethyl adjacent to an activating group) is 1. The van der Waals surface area contributed by atoms with Gasteiger partial charge in [0.25, 0.3) is 5.91 Å². The Labute approximate surface area is 164 Å². The van der Waals surface area contributed by atoms with Crippen molar-refractivity contribution in [1.82, 2.24) is 4.90 Å². The topological polar surface area (TPSA) is 75.4 Å². The third-order valence-corrected chi connectivity index (χ3v) is 5.78. The van der Waals surface area contributed by atoms with Gasteiger partial charge in [-0.2, -0.15) is 13.2 Å². The molecule has 0 radical (unpaired) electrons. The van der Waals surface area contributed by atoms with E-state index in [9.17, 15) is 22.8 Å². The normalized spacial score (nSPS) is 13.6. The molecule has 1 aromatic carbocycles. The fraction of sp³-hybridized carbons (Fsp3) is 0.368. The zero-order chi connectivity index (χ0) is 20.5. The Balaban J connectivity index is 1.60. The molecule has 0 aliphatic heterocycles. The van der Waals surface area contributed by atoms with Gasteiger partial charge in [0.1, 0.15) is 5.00 Å². The maximum atomic E-state index is 12.6. The number of thiophene rings is 1. The van der Waals surface area contributed by atoms with Crippen LogP contribution in [0.15, 0.2) is 24.3 Å². The molecule has 28 heavy (non-hydrogen) atoms. The summed E-state index contributed by atoms with van der Waals surface area (Å²) in [7, 11) is 1.70. The number of hydrogen-bond acceptors (Lipinski definition) is 4. The number of hydrogen-bond donors (Lipinski definition) is 2. The summed E-state index contributed by atoms with van der Waals surface area (Å²) in [4.78, 5) is 26.9. The van der Waals surface area contributed by atoms with Crippen LogP contribution in [0.4, 0.5) is 18.2 Å². The molecule has 1 aliphatic carbocycles. The quantitative estimate of drug-likeness (QED) is 0.765. The summed E-state index contributed by atoms with van der Waals surface area (Å²) in [6, 6.07) is 4.84. The van der Waals surface area contributed by atoms with Crippen molar-refractivity contribution in [1.29, 1.82) is 0 Å². The van der Waals surface area contributed by atoms with Gasteiger partial charge in [-0.1, -0.05) is 12.1 Å². The highest BCUT2D eigenvalue weighted by atomic mass is 32.1. The van der Waals surface area contributed by atoms with Gasteiger partial charge in [-0.05, 0) is 49.6 Å². The van der Waals surface area contributed by atoms with E-state index in [0.29, 0.717) is 22.7 Å². The van der Waals surface area contributed by atoms with E-state index in [4.69, 9.17) is 5.73 Å². The first-order valence-electron chi connectivity index (χ1n) is 8.74. The molecule has 9 heteroatoms. The summed E-state index contributed by atoms with van der Waals surface area (Å²) in [5.74, 6) is -0.857. The van der Waals surface area contributed by atoms with Gasteiger partial charge in [-0.3, -0.25) is 14.5 Å². The number of nitrogens with zero attached hydrogens (tertiary/aromatic N) is 1. The maximum absolute atomic E-state index is 12.6. The van der Waals surface area contributed by atoms with E-state index in [2.05, 4.69) is 5.32 Å². The Hall–Kier alpha value is -2.39. The second-order valence-corrected chi connectivity index (χ2v) is 7.95. The van der Waals surface area contributed by atoms with Gasteiger partial charge in [-0.15, -0.1) is 11.3 Å². The van der Waals surface area contributed by atoms with Crippen molar-refractivity contribution in [2.24, 2.45) is 5.73 Å². The third-order valence-electron chi connectivity index (χ3n) is 4.57. The number of nitrogens with two attached hydrogens (primary N) is 1. The van der Waals surface area contributed by atoms with Crippen molar-refractivity contribution in [2.75, 3.05) is 18.9 Å². The molecule has 2 aromatic rings. The molecule has 0 unspecified atom stereocenters. The summed E-state index contributed by atoms with van der Waals surface area (Å²) in [6.45, 7) is 0.344. The van der Waals surface area contributed by atoms with Crippen LogP contribution < -0.4 is 11.1 Å². The van der Waals surface area contributed by atoms with Gasteiger partial charge < -0.3 is 11.1 Å². The van der Waals surface area contributed by atoms with Crippen LogP contribution in [0.5, 0.6) is 0 Å². The lowest BCUT2D eigenvalue weighted by molar-refractivity contribution is -0.137. The van der Waals surface area contributed by atoms with E-state index in [1.54, 1.807) is 11.9 Å². The van der Waals surface area contributed by atoms with Crippen molar-refractivity contribution in [3.05, 3.63) is 51.4 Å². The van der Waals surface area contributed by atoms with Gasteiger partial charge in [0.15, 0.2) is 0 Å². The third kappa shape index (κ3) is 4.53. The van der Waals surface area contributed by atoms with Crippen LogP contribution in [0.3, 0.4) is 0 Å². The van der Waals surface area contributed by atoms with Crippen LogP contribution in [0.1, 0.15) is 38.3 Å². The zero-order valence-electron chi connectivity index (χ0n) is 15.2. The zero-order valence-corrected chi connectivity index (χ0v) is 16.0. The Kier molecular flexibility index (Phi) is 5.76. The van der Waals surface area contributed by atoms with Gasteiger partial charge in [0.2, 0.25) is 5.91 Å². The predicted molar refractivity (Wildman–Crippen MR) is 101 cm³/mol. The fourth-order valence-corrected chi connectivity index (χ4v) is 4.64. The lowest BCUT2D eigenvalue weighted by Gasteiger charge is -2.17. The summed E-state index contributed by atoms with van der Waals surface area (Å²) in [6.07, 6.45) is -1.73. The maximum Gasteiger partial charge on any atom is 0.416 e. The lowest BCUT2D eigenvalue weighted by Crippen LogP contribution is -2.30. The molecule has 0 spiro atoms. The molecule has 3 N–H and O–H groups in total. The van der Waals surface area contributed by atoms with Crippen LogP contribution in [-0.4, -0.2) is 30.3 Å². The van der Waals surface area contributed by atoms with Crippen molar-refractivity contribution in [3.8, 4) is 0 Å². The molecule has 1 aliphatic rings. The van der Waals surface area contributed by atoms with Crippen LogP contribution in [0, 0.1) is 0 Å². The number of fused-ring (bicyclic) bond motifs is 1. The van der Waals surface area contributed by atoms with Crippen molar-refractivity contribution >= 4 is 28.2 Å². The minimum absolute atomic E-state index is 0.0296. The number of rotatable bonds is 6. The largest absolute Gasteiger partial charge is 0.416 e. The van der Waals surface area contributed by atoms with Gasteiger partial charge >= 0.3 is 6.18 Å². The summed E-state index contributed by atoms with van der Waals surface area (Å²) < 4.78 is 37.8. The molecule has 2 amide bonds. The molecule has 3 rings (SSSR count). The number of alkyl halides is 3. The van der Waals surface area contributed by atoms with E-state index >= 15 is 0 Å². The predicted octanol–water partition coefficient (Wildman–Crippen LogP) is 3.43. The summed E-state index contributed by atoms with van der Waals surface area (Å²) in [5, 5.41) is 3.23. The first-order valence-corrected chi connectivity index (χ1v) is 9.55. The van der Waals surface area contributed by atoms with Crippen molar-refractivity contribution in [2.45, 2.75) is 32.0 Å². The molecule has 1 heterocycles. The molecule has 0 saturated heterocycles.